The highest BCUT2D eigenvalue weighted by Crippen LogP contribution is 2.16. The van der Waals surface area contributed by atoms with Crippen LogP contribution in [0.4, 0.5) is 0 Å². The Labute approximate surface area is 116 Å². The first kappa shape index (κ1) is 14.5. The quantitative estimate of drug-likeness (QED) is 0.845. The van der Waals surface area contributed by atoms with Crippen LogP contribution in [0.3, 0.4) is 0 Å². The van der Waals surface area contributed by atoms with Crippen LogP contribution in [0.5, 0.6) is 0 Å². The highest BCUT2D eigenvalue weighted by atomic mass is 79.9. The van der Waals surface area contributed by atoms with E-state index in [1.165, 1.54) is 0 Å². The van der Waals surface area contributed by atoms with E-state index in [0.29, 0.717) is 0 Å². The van der Waals surface area contributed by atoms with Gasteiger partial charge in [0.15, 0.2) is 0 Å². The third-order valence-corrected chi connectivity index (χ3v) is 2.94. The summed E-state index contributed by atoms with van der Waals surface area (Å²) in [4.78, 5) is 11.7. The Morgan fingerprint density at radius 1 is 1.53 bits per heavy atom. The van der Waals surface area contributed by atoms with Gasteiger partial charge < -0.3 is 5.32 Å². The van der Waals surface area contributed by atoms with Crippen molar-refractivity contribution >= 4 is 33.4 Å². The van der Waals surface area contributed by atoms with Gasteiger partial charge in [0.2, 0.25) is 5.91 Å². The maximum absolute atomic E-state index is 11.7. The molecule has 1 amide bonds. The van der Waals surface area contributed by atoms with Crippen LogP contribution >= 0.6 is 27.5 Å². The summed E-state index contributed by atoms with van der Waals surface area (Å²) in [5.74, 6) is -0.00738. The normalized spacial score (nSPS) is 13.2. The number of carbonyl (C=O) groups is 1. The van der Waals surface area contributed by atoms with Crippen molar-refractivity contribution in [3.8, 4) is 0 Å². The Morgan fingerprint density at radius 2 is 2.18 bits per heavy atom. The van der Waals surface area contributed by atoms with Crippen LogP contribution in [0, 0.1) is 0 Å². The smallest absolute Gasteiger partial charge is 0.236 e. The van der Waals surface area contributed by atoms with E-state index in [1.54, 1.807) is 0 Å². The fourth-order valence-corrected chi connectivity index (χ4v) is 1.79. The number of nitrogens with one attached hydrogen (secondary N) is 1. The van der Waals surface area contributed by atoms with Crippen molar-refractivity contribution in [3.63, 3.8) is 0 Å². The van der Waals surface area contributed by atoms with Gasteiger partial charge in [-0.1, -0.05) is 39.7 Å². The van der Waals surface area contributed by atoms with Gasteiger partial charge in [0.25, 0.3) is 0 Å². The Kier molecular flexibility index (Phi) is 5.02. The maximum atomic E-state index is 11.7. The third-order valence-electron chi connectivity index (χ3n) is 2.35. The SMILES string of the molecule is CC(Cc1cccc(Cl)c1)NC(=O)C(C)(C)Br. The summed E-state index contributed by atoms with van der Waals surface area (Å²) in [6.45, 7) is 5.64. The van der Waals surface area contributed by atoms with Gasteiger partial charge >= 0.3 is 0 Å². The van der Waals surface area contributed by atoms with Crippen molar-refractivity contribution < 1.29 is 4.79 Å². The van der Waals surface area contributed by atoms with E-state index in [4.69, 9.17) is 11.6 Å². The Bertz CT molecular complexity index is 401. The average molecular weight is 319 g/mol. The Hall–Kier alpha value is -0.540. The average Bonchev–Trinajstić information content (AvgIpc) is 2.15. The molecule has 1 aromatic rings. The number of hydrogen-bond acceptors (Lipinski definition) is 1. The summed E-state index contributed by atoms with van der Waals surface area (Å²) in [7, 11) is 0. The second-order valence-electron chi connectivity index (χ2n) is 4.68. The van der Waals surface area contributed by atoms with Crippen LogP contribution in [0.2, 0.25) is 5.02 Å². The molecule has 0 aliphatic carbocycles. The van der Waals surface area contributed by atoms with Crippen LogP contribution in [0.15, 0.2) is 24.3 Å². The number of rotatable bonds is 4. The third kappa shape index (κ3) is 5.09. The van der Waals surface area contributed by atoms with E-state index in [2.05, 4.69) is 21.2 Å². The molecule has 1 N–H and O–H groups in total. The molecule has 1 unspecified atom stereocenters. The van der Waals surface area contributed by atoms with Crippen molar-refractivity contribution in [1.29, 1.82) is 0 Å². The lowest BCUT2D eigenvalue weighted by Crippen LogP contribution is -2.43. The first-order chi connectivity index (χ1) is 7.79. The minimum absolute atomic E-state index is 0.00738. The van der Waals surface area contributed by atoms with Gasteiger partial charge in [0, 0.05) is 11.1 Å². The van der Waals surface area contributed by atoms with Crippen molar-refractivity contribution in [2.45, 2.75) is 37.6 Å². The largest absolute Gasteiger partial charge is 0.352 e. The molecule has 0 aliphatic heterocycles. The molecule has 0 bridgehead atoms. The fraction of sp³-hybridized carbons (Fsp3) is 0.462. The summed E-state index contributed by atoms with van der Waals surface area (Å²) in [6, 6.07) is 7.77. The number of halogens is 2. The van der Waals surface area contributed by atoms with Crippen LogP contribution in [-0.2, 0) is 11.2 Å². The summed E-state index contributed by atoms with van der Waals surface area (Å²) in [6.07, 6.45) is 0.773. The molecule has 4 heteroatoms. The van der Waals surface area contributed by atoms with E-state index < -0.39 is 4.32 Å². The second kappa shape index (κ2) is 5.87. The number of alkyl halides is 1. The predicted octanol–water partition coefficient (Wildman–Crippen LogP) is 3.56. The van der Waals surface area contributed by atoms with Gasteiger partial charge in [0.05, 0.1) is 4.32 Å². The molecular weight excluding hydrogens is 302 g/mol. The van der Waals surface area contributed by atoms with Crippen molar-refractivity contribution in [2.75, 3.05) is 0 Å². The summed E-state index contributed by atoms with van der Waals surface area (Å²) in [5.41, 5.74) is 1.12. The highest BCUT2D eigenvalue weighted by Gasteiger charge is 2.24. The zero-order valence-corrected chi connectivity index (χ0v) is 12.6. The highest BCUT2D eigenvalue weighted by molar-refractivity contribution is 9.10. The molecule has 0 aliphatic rings. The summed E-state index contributed by atoms with van der Waals surface area (Å²) >= 11 is 9.25. The van der Waals surface area contributed by atoms with E-state index >= 15 is 0 Å². The number of benzene rings is 1. The molecule has 0 saturated heterocycles. The molecule has 1 aromatic carbocycles. The number of carbonyl (C=O) groups excluding carboxylic acids is 1. The van der Waals surface area contributed by atoms with Crippen molar-refractivity contribution in [3.05, 3.63) is 34.9 Å². The van der Waals surface area contributed by atoms with Gasteiger partial charge in [-0.2, -0.15) is 0 Å². The minimum atomic E-state index is -0.532. The topological polar surface area (TPSA) is 29.1 Å². The zero-order chi connectivity index (χ0) is 13.1. The lowest BCUT2D eigenvalue weighted by Gasteiger charge is -2.20. The molecule has 2 nitrogen and oxygen atoms in total. The molecule has 0 radical (unpaired) electrons. The maximum Gasteiger partial charge on any atom is 0.236 e. The molecule has 0 aromatic heterocycles. The lowest BCUT2D eigenvalue weighted by molar-refractivity contribution is -0.123. The predicted molar refractivity (Wildman–Crippen MR) is 75.8 cm³/mol. The molecule has 1 atom stereocenters. The minimum Gasteiger partial charge on any atom is -0.352 e. The fourth-order valence-electron chi connectivity index (χ4n) is 1.46. The van der Waals surface area contributed by atoms with Crippen molar-refractivity contribution in [1.82, 2.24) is 5.32 Å². The monoisotopic (exact) mass is 317 g/mol. The Balaban J connectivity index is 2.56. The summed E-state index contributed by atoms with van der Waals surface area (Å²) in [5, 5.41) is 3.68. The molecule has 0 heterocycles. The van der Waals surface area contributed by atoms with Crippen LogP contribution in [-0.4, -0.2) is 16.3 Å². The van der Waals surface area contributed by atoms with Gasteiger partial charge in [-0.3, -0.25) is 4.79 Å². The molecule has 0 saturated carbocycles. The second-order valence-corrected chi connectivity index (χ2v) is 7.10. The van der Waals surface area contributed by atoms with Crippen molar-refractivity contribution in [2.24, 2.45) is 0 Å². The zero-order valence-electron chi connectivity index (χ0n) is 10.3. The van der Waals surface area contributed by atoms with Gasteiger partial charge in [0.1, 0.15) is 0 Å². The van der Waals surface area contributed by atoms with Gasteiger partial charge in [-0.05, 0) is 44.9 Å². The van der Waals surface area contributed by atoms with Gasteiger partial charge in [-0.15, -0.1) is 0 Å². The molecule has 1 rings (SSSR count). The lowest BCUT2D eigenvalue weighted by atomic mass is 10.1. The first-order valence-electron chi connectivity index (χ1n) is 5.53. The molecule has 94 valence electrons. The van der Waals surface area contributed by atoms with Crippen LogP contribution in [0.1, 0.15) is 26.3 Å². The summed E-state index contributed by atoms with van der Waals surface area (Å²) < 4.78 is -0.532. The van der Waals surface area contributed by atoms with E-state index in [-0.39, 0.29) is 11.9 Å². The van der Waals surface area contributed by atoms with Crippen LogP contribution in [0.25, 0.3) is 0 Å². The first-order valence-corrected chi connectivity index (χ1v) is 6.70. The van der Waals surface area contributed by atoms with Gasteiger partial charge in [-0.25, -0.2) is 0 Å². The molecule has 0 fully saturated rings. The van der Waals surface area contributed by atoms with E-state index in [0.717, 1.165) is 17.0 Å². The molecule has 17 heavy (non-hydrogen) atoms. The number of amides is 1. The van der Waals surface area contributed by atoms with E-state index in [1.807, 2.05) is 45.0 Å². The molecular formula is C13H17BrClNO. The number of hydrogen-bond donors (Lipinski definition) is 1. The standard InChI is InChI=1S/C13H17BrClNO/c1-9(16-12(17)13(2,3)14)7-10-5-4-6-11(15)8-10/h4-6,8-9H,7H2,1-3H3,(H,16,17). The van der Waals surface area contributed by atoms with Crippen LogP contribution < -0.4 is 5.32 Å². The Morgan fingerprint density at radius 3 is 2.71 bits per heavy atom. The van der Waals surface area contributed by atoms with E-state index in [9.17, 15) is 4.79 Å². The molecule has 0 spiro atoms.